The summed E-state index contributed by atoms with van der Waals surface area (Å²) in [6.07, 6.45) is 3.28. The molecule has 2 heterocycles. The summed E-state index contributed by atoms with van der Waals surface area (Å²) in [7, 11) is 4.67. The number of H-pyrrole nitrogens is 1. The van der Waals surface area contributed by atoms with Crippen LogP contribution in [0.1, 0.15) is 31.0 Å². The van der Waals surface area contributed by atoms with Gasteiger partial charge in [-0.1, -0.05) is 24.6 Å². The Kier molecular flexibility index (Phi) is 6.32. The van der Waals surface area contributed by atoms with Gasteiger partial charge in [0.15, 0.2) is 11.5 Å². The maximum Gasteiger partial charge on any atom is 0.238 e. The lowest BCUT2D eigenvalue weighted by atomic mass is 9.99. The van der Waals surface area contributed by atoms with Crippen LogP contribution in [0.3, 0.4) is 0 Å². The second-order valence-corrected chi connectivity index (χ2v) is 7.76. The number of anilines is 1. The van der Waals surface area contributed by atoms with Crippen molar-refractivity contribution < 1.29 is 19.0 Å². The summed E-state index contributed by atoms with van der Waals surface area (Å²) in [5.41, 5.74) is 2.91. The van der Waals surface area contributed by atoms with Crippen LogP contribution in [0.15, 0.2) is 42.5 Å². The number of carbonyl (C=O) groups is 1. The van der Waals surface area contributed by atoms with Crippen molar-refractivity contribution in [1.29, 1.82) is 0 Å². The maximum absolute atomic E-state index is 12.9. The van der Waals surface area contributed by atoms with Crippen molar-refractivity contribution in [2.24, 2.45) is 0 Å². The number of likely N-dealkylation sites (tertiary alicyclic amines) is 1. The van der Waals surface area contributed by atoms with Crippen LogP contribution >= 0.6 is 0 Å². The summed E-state index contributed by atoms with van der Waals surface area (Å²) in [6, 6.07) is 14.2. The molecule has 2 aromatic carbocycles. The molecule has 1 aromatic heterocycles. The Balaban J connectivity index is 1.50. The van der Waals surface area contributed by atoms with Gasteiger partial charge in [0.2, 0.25) is 11.7 Å². The Labute approximate surface area is 182 Å². The van der Waals surface area contributed by atoms with Crippen molar-refractivity contribution in [2.75, 3.05) is 39.7 Å². The van der Waals surface area contributed by atoms with E-state index in [4.69, 9.17) is 14.2 Å². The van der Waals surface area contributed by atoms with Crippen molar-refractivity contribution in [3.05, 3.63) is 48.2 Å². The Bertz CT molecular complexity index is 1000. The van der Waals surface area contributed by atoms with Gasteiger partial charge in [0, 0.05) is 29.0 Å². The monoisotopic (exact) mass is 423 g/mol. The molecule has 3 aromatic rings. The number of ether oxygens (including phenoxy) is 3. The van der Waals surface area contributed by atoms with Crippen LogP contribution < -0.4 is 19.5 Å². The highest BCUT2D eigenvalue weighted by Gasteiger charge is 2.27. The zero-order valence-electron chi connectivity index (χ0n) is 18.2. The third-order valence-corrected chi connectivity index (χ3v) is 5.82. The van der Waals surface area contributed by atoms with Gasteiger partial charge in [0.05, 0.1) is 33.9 Å². The molecule has 0 saturated carbocycles. The number of benzene rings is 2. The molecule has 7 nitrogen and oxygen atoms in total. The number of para-hydroxylation sites is 1. The molecule has 1 aliphatic heterocycles. The van der Waals surface area contributed by atoms with E-state index in [1.54, 1.807) is 33.5 Å². The van der Waals surface area contributed by atoms with Crippen molar-refractivity contribution in [3.63, 3.8) is 0 Å². The second-order valence-electron chi connectivity index (χ2n) is 7.76. The molecular formula is C24H29N3O4. The number of amides is 1. The minimum Gasteiger partial charge on any atom is -0.493 e. The largest absolute Gasteiger partial charge is 0.493 e. The predicted octanol–water partition coefficient (Wildman–Crippen LogP) is 4.36. The van der Waals surface area contributed by atoms with E-state index in [1.165, 1.54) is 11.1 Å². The molecular weight excluding hydrogens is 394 g/mol. The first-order valence-electron chi connectivity index (χ1n) is 10.5. The first kappa shape index (κ1) is 21.1. The predicted molar refractivity (Wildman–Crippen MR) is 121 cm³/mol. The summed E-state index contributed by atoms with van der Waals surface area (Å²) in [4.78, 5) is 18.7. The quantitative estimate of drug-likeness (QED) is 0.591. The van der Waals surface area contributed by atoms with Crippen LogP contribution in [0.4, 0.5) is 5.69 Å². The molecule has 0 bridgehead atoms. The van der Waals surface area contributed by atoms with Gasteiger partial charge in [-0.25, -0.2) is 0 Å². The smallest absolute Gasteiger partial charge is 0.238 e. The lowest BCUT2D eigenvalue weighted by Gasteiger charge is -2.34. The van der Waals surface area contributed by atoms with Gasteiger partial charge in [-0.05, 0) is 36.9 Å². The standard InChI is InChI=1S/C24H29N3O4/c1-29-21-13-17(14-22(30-2)24(21)31-3)25-23(28)15-27-11-7-6-10-20(27)19-12-16-8-4-5-9-18(16)26-19/h4-5,8-9,12-14,20,26H,6-7,10-11,15H2,1-3H3,(H,25,28). The van der Waals surface area contributed by atoms with E-state index in [2.05, 4.69) is 33.4 Å². The molecule has 1 amide bonds. The van der Waals surface area contributed by atoms with Crippen molar-refractivity contribution in [3.8, 4) is 17.2 Å². The van der Waals surface area contributed by atoms with Crippen LogP contribution in [-0.4, -0.2) is 50.2 Å². The third-order valence-electron chi connectivity index (χ3n) is 5.82. The van der Waals surface area contributed by atoms with E-state index in [1.807, 2.05) is 12.1 Å². The fourth-order valence-electron chi connectivity index (χ4n) is 4.35. The average molecular weight is 424 g/mol. The number of nitrogens with zero attached hydrogens (tertiary/aromatic N) is 1. The SMILES string of the molecule is COc1cc(NC(=O)CN2CCCCC2c2cc3ccccc3[nH]2)cc(OC)c1OC. The fraction of sp³-hybridized carbons (Fsp3) is 0.375. The Morgan fingerprint density at radius 3 is 2.48 bits per heavy atom. The number of nitrogens with one attached hydrogen (secondary N) is 2. The van der Waals surface area contributed by atoms with E-state index in [-0.39, 0.29) is 11.9 Å². The number of fused-ring (bicyclic) bond motifs is 1. The van der Waals surface area contributed by atoms with Crippen LogP contribution in [-0.2, 0) is 4.79 Å². The molecule has 7 heteroatoms. The van der Waals surface area contributed by atoms with Crippen molar-refractivity contribution >= 4 is 22.5 Å². The zero-order valence-corrected chi connectivity index (χ0v) is 18.2. The first-order valence-corrected chi connectivity index (χ1v) is 10.5. The molecule has 0 spiro atoms. The number of methoxy groups -OCH3 is 3. The second kappa shape index (κ2) is 9.31. The summed E-state index contributed by atoms with van der Waals surface area (Å²) >= 11 is 0. The highest BCUT2D eigenvalue weighted by molar-refractivity contribution is 5.93. The van der Waals surface area contributed by atoms with E-state index in [9.17, 15) is 4.79 Å². The summed E-state index contributed by atoms with van der Waals surface area (Å²) < 4.78 is 16.1. The van der Waals surface area contributed by atoms with Gasteiger partial charge in [-0.15, -0.1) is 0 Å². The molecule has 1 fully saturated rings. The number of hydrogen-bond acceptors (Lipinski definition) is 5. The molecule has 1 atom stereocenters. The van der Waals surface area contributed by atoms with Crippen LogP contribution in [0.25, 0.3) is 10.9 Å². The highest BCUT2D eigenvalue weighted by atomic mass is 16.5. The minimum atomic E-state index is -0.0720. The van der Waals surface area contributed by atoms with Gasteiger partial charge >= 0.3 is 0 Å². The Morgan fingerprint density at radius 1 is 1.06 bits per heavy atom. The summed E-state index contributed by atoms with van der Waals surface area (Å²) in [5, 5.41) is 4.18. The summed E-state index contributed by atoms with van der Waals surface area (Å²) in [6.45, 7) is 1.21. The number of aromatic nitrogens is 1. The van der Waals surface area contributed by atoms with E-state index in [0.717, 1.165) is 31.3 Å². The lowest BCUT2D eigenvalue weighted by Crippen LogP contribution is -2.39. The number of aromatic amines is 1. The molecule has 164 valence electrons. The van der Waals surface area contributed by atoms with Gasteiger partial charge in [0.25, 0.3) is 0 Å². The zero-order chi connectivity index (χ0) is 21.8. The topological polar surface area (TPSA) is 75.8 Å². The number of carbonyl (C=O) groups excluding carboxylic acids is 1. The summed E-state index contributed by atoms with van der Waals surface area (Å²) in [5.74, 6) is 1.44. The molecule has 0 aliphatic carbocycles. The van der Waals surface area contributed by atoms with Crippen LogP contribution in [0.5, 0.6) is 17.2 Å². The van der Waals surface area contributed by atoms with E-state index in [0.29, 0.717) is 29.5 Å². The highest BCUT2D eigenvalue weighted by Crippen LogP contribution is 2.40. The molecule has 0 radical (unpaired) electrons. The number of rotatable bonds is 7. The van der Waals surface area contributed by atoms with E-state index < -0.39 is 0 Å². The van der Waals surface area contributed by atoms with Crippen molar-refractivity contribution in [1.82, 2.24) is 9.88 Å². The fourth-order valence-corrected chi connectivity index (χ4v) is 4.35. The van der Waals surface area contributed by atoms with Gasteiger partial charge in [-0.2, -0.15) is 0 Å². The molecule has 1 unspecified atom stereocenters. The number of hydrogen-bond donors (Lipinski definition) is 2. The average Bonchev–Trinajstić information content (AvgIpc) is 3.22. The molecule has 31 heavy (non-hydrogen) atoms. The number of piperidine rings is 1. The third kappa shape index (κ3) is 4.46. The van der Waals surface area contributed by atoms with Gasteiger partial charge < -0.3 is 24.5 Å². The van der Waals surface area contributed by atoms with Gasteiger partial charge in [0.1, 0.15) is 0 Å². The van der Waals surface area contributed by atoms with Crippen LogP contribution in [0.2, 0.25) is 0 Å². The Morgan fingerprint density at radius 2 is 1.81 bits per heavy atom. The molecule has 1 aliphatic rings. The van der Waals surface area contributed by atoms with Crippen LogP contribution in [0, 0.1) is 0 Å². The molecule has 4 rings (SSSR count). The molecule has 2 N–H and O–H groups in total. The normalized spacial score (nSPS) is 16.8. The van der Waals surface area contributed by atoms with Gasteiger partial charge in [-0.3, -0.25) is 9.69 Å². The van der Waals surface area contributed by atoms with E-state index >= 15 is 0 Å². The molecule has 1 saturated heterocycles. The first-order chi connectivity index (χ1) is 15.1. The van der Waals surface area contributed by atoms with Crippen molar-refractivity contribution in [2.45, 2.75) is 25.3 Å². The maximum atomic E-state index is 12.9. The minimum absolute atomic E-state index is 0.0720. The Hall–Kier alpha value is -3.19. The lowest BCUT2D eigenvalue weighted by molar-refractivity contribution is -0.118.